The topological polar surface area (TPSA) is 83.0 Å². The number of likely N-dealkylation sites (tertiary alicyclic amines) is 1. The fourth-order valence-electron chi connectivity index (χ4n) is 2.56. The van der Waals surface area contributed by atoms with Gasteiger partial charge in [-0.05, 0) is 26.2 Å². The van der Waals surface area contributed by atoms with Gasteiger partial charge in [0.1, 0.15) is 0 Å². The molecule has 0 aromatic rings. The minimum absolute atomic E-state index is 0.0101. The third kappa shape index (κ3) is 6.88. The number of carbonyl (C=O) groups is 2. The average Bonchev–Trinajstić information content (AvgIpc) is 2.57. The minimum Gasteiger partial charge on any atom is -0.466 e. The van der Waals surface area contributed by atoms with Gasteiger partial charge in [-0.15, -0.1) is 0 Å². The monoisotopic (exact) mass is 326 g/mol. The fraction of sp³-hybridized carbons (Fsp3) is 0.812. The number of rotatable bonds is 7. The van der Waals surface area contributed by atoms with Gasteiger partial charge < -0.3 is 20.3 Å². The van der Waals surface area contributed by atoms with E-state index in [1.165, 1.54) is 0 Å². The molecule has 1 heterocycles. The number of esters is 1. The van der Waals surface area contributed by atoms with E-state index >= 15 is 0 Å². The average molecular weight is 326 g/mol. The summed E-state index contributed by atoms with van der Waals surface area (Å²) in [5, 5.41) is 6.06. The van der Waals surface area contributed by atoms with Crippen molar-refractivity contribution in [3.63, 3.8) is 0 Å². The van der Waals surface area contributed by atoms with Crippen LogP contribution in [0, 0.1) is 5.92 Å². The molecule has 1 saturated heterocycles. The SMILES string of the molecule is CCCNC(=O)CCNC(=NC)N1CCC(C(=O)OCC)CC1. The number of carbonyl (C=O) groups excluding carboxylic acids is 2. The molecule has 0 atom stereocenters. The van der Waals surface area contributed by atoms with Crippen LogP contribution in [0.1, 0.15) is 39.5 Å². The lowest BCUT2D eigenvalue weighted by atomic mass is 9.97. The first-order chi connectivity index (χ1) is 11.1. The standard InChI is InChI=1S/C16H30N4O3/c1-4-9-18-14(21)6-10-19-16(17-3)20-11-7-13(8-12-20)15(22)23-5-2/h13H,4-12H2,1-3H3,(H,17,19)(H,18,21). The van der Waals surface area contributed by atoms with Crippen LogP contribution >= 0.6 is 0 Å². The third-order valence-corrected chi connectivity index (χ3v) is 3.83. The van der Waals surface area contributed by atoms with Gasteiger partial charge in [-0.25, -0.2) is 0 Å². The fourth-order valence-corrected chi connectivity index (χ4v) is 2.56. The highest BCUT2D eigenvalue weighted by Gasteiger charge is 2.27. The maximum atomic E-state index is 11.7. The van der Waals surface area contributed by atoms with Crippen molar-refractivity contribution < 1.29 is 14.3 Å². The molecule has 0 aliphatic carbocycles. The van der Waals surface area contributed by atoms with Gasteiger partial charge in [-0.1, -0.05) is 6.92 Å². The number of ether oxygens (including phenoxy) is 1. The number of guanidine groups is 1. The van der Waals surface area contributed by atoms with E-state index in [1.807, 2.05) is 13.8 Å². The van der Waals surface area contributed by atoms with E-state index in [0.29, 0.717) is 19.6 Å². The van der Waals surface area contributed by atoms with Crippen LogP contribution in [-0.4, -0.2) is 62.6 Å². The Hall–Kier alpha value is -1.79. The molecule has 132 valence electrons. The summed E-state index contributed by atoms with van der Waals surface area (Å²) in [4.78, 5) is 29.7. The molecule has 1 aliphatic heterocycles. The summed E-state index contributed by atoms with van der Waals surface area (Å²) in [5.41, 5.74) is 0. The highest BCUT2D eigenvalue weighted by Crippen LogP contribution is 2.18. The van der Waals surface area contributed by atoms with Crippen LogP contribution in [0.25, 0.3) is 0 Å². The molecule has 23 heavy (non-hydrogen) atoms. The van der Waals surface area contributed by atoms with Crippen LogP contribution in [0.5, 0.6) is 0 Å². The molecule has 1 fully saturated rings. The molecule has 1 amide bonds. The number of amides is 1. The van der Waals surface area contributed by atoms with Crippen LogP contribution in [0.2, 0.25) is 0 Å². The highest BCUT2D eigenvalue weighted by atomic mass is 16.5. The van der Waals surface area contributed by atoms with Crippen LogP contribution in [-0.2, 0) is 14.3 Å². The van der Waals surface area contributed by atoms with Crippen molar-refractivity contribution in [2.75, 3.05) is 39.8 Å². The molecule has 1 aliphatic rings. The number of aliphatic imine (C=N–C) groups is 1. The van der Waals surface area contributed by atoms with E-state index in [1.54, 1.807) is 7.05 Å². The van der Waals surface area contributed by atoms with Crippen molar-refractivity contribution in [2.24, 2.45) is 10.9 Å². The Bertz CT molecular complexity index is 404. The first-order valence-electron chi connectivity index (χ1n) is 8.51. The molecule has 0 bridgehead atoms. The Morgan fingerprint density at radius 1 is 1.17 bits per heavy atom. The van der Waals surface area contributed by atoms with Gasteiger partial charge in [0.25, 0.3) is 0 Å². The maximum absolute atomic E-state index is 11.7. The Balaban J connectivity index is 2.31. The summed E-state index contributed by atoms with van der Waals surface area (Å²) in [7, 11) is 1.73. The van der Waals surface area contributed by atoms with Crippen LogP contribution < -0.4 is 10.6 Å². The van der Waals surface area contributed by atoms with Gasteiger partial charge in [-0.3, -0.25) is 14.6 Å². The lowest BCUT2D eigenvalue weighted by Gasteiger charge is -2.33. The van der Waals surface area contributed by atoms with Crippen LogP contribution in [0.3, 0.4) is 0 Å². The molecule has 0 radical (unpaired) electrons. The van der Waals surface area contributed by atoms with Crippen molar-refractivity contribution in [1.29, 1.82) is 0 Å². The van der Waals surface area contributed by atoms with Gasteiger partial charge in [0.2, 0.25) is 5.91 Å². The van der Waals surface area contributed by atoms with E-state index < -0.39 is 0 Å². The number of nitrogens with one attached hydrogen (secondary N) is 2. The Morgan fingerprint density at radius 2 is 1.87 bits per heavy atom. The smallest absolute Gasteiger partial charge is 0.309 e. The van der Waals surface area contributed by atoms with E-state index in [4.69, 9.17) is 4.74 Å². The van der Waals surface area contributed by atoms with E-state index in [9.17, 15) is 9.59 Å². The van der Waals surface area contributed by atoms with Gasteiger partial charge in [0, 0.05) is 39.6 Å². The first-order valence-corrected chi connectivity index (χ1v) is 8.51. The molecule has 2 N–H and O–H groups in total. The molecular formula is C16H30N4O3. The second kappa shape index (κ2) is 10.9. The van der Waals surface area contributed by atoms with Gasteiger partial charge >= 0.3 is 5.97 Å². The number of piperidine rings is 1. The van der Waals surface area contributed by atoms with Crippen molar-refractivity contribution in [3.05, 3.63) is 0 Å². The Kier molecular flexibility index (Phi) is 9.09. The zero-order chi connectivity index (χ0) is 17.1. The quantitative estimate of drug-likeness (QED) is 0.410. The molecule has 7 nitrogen and oxygen atoms in total. The van der Waals surface area contributed by atoms with Crippen molar-refractivity contribution >= 4 is 17.8 Å². The molecule has 1 rings (SSSR count). The van der Waals surface area contributed by atoms with E-state index in [0.717, 1.165) is 44.9 Å². The van der Waals surface area contributed by atoms with E-state index in [2.05, 4.69) is 20.5 Å². The number of nitrogens with zero attached hydrogens (tertiary/aromatic N) is 2. The highest BCUT2D eigenvalue weighted by molar-refractivity contribution is 5.81. The largest absolute Gasteiger partial charge is 0.466 e. The maximum Gasteiger partial charge on any atom is 0.309 e. The van der Waals surface area contributed by atoms with Crippen molar-refractivity contribution in [2.45, 2.75) is 39.5 Å². The van der Waals surface area contributed by atoms with Crippen molar-refractivity contribution in [3.8, 4) is 0 Å². The molecule has 0 aromatic heterocycles. The third-order valence-electron chi connectivity index (χ3n) is 3.83. The molecule has 0 unspecified atom stereocenters. The molecule has 0 spiro atoms. The summed E-state index contributed by atoms with van der Waals surface area (Å²) in [6.07, 6.45) is 2.92. The number of hydrogen-bond acceptors (Lipinski definition) is 4. The second-order valence-corrected chi connectivity index (χ2v) is 5.59. The lowest BCUT2D eigenvalue weighted by molar-refractivity contribution is -0.149. The minimum atomic E-state index is -0.0947. The normalized spacial score (nSPS) is 16.1. The molecule has 7 heteroatoms. The molecule has 0 aromatic carbocycles. The summed E-state index contributed by atoms with van der Waals surface area (Å²) < 4.78 is 5.08. The lowest BCUT2D eigenvalue weighted by Crippen LogP contribution is -2.47. The zero-order valence-corrected chi connectivity index (χ0v) is 14.6. The predicted molar refractivity (Wildman–Crippen MR) is 90.2 cm³/mol. The first kappa shape index (κ1) is 19.3. The van der Waals surface area contributed by atoms with Crippen LogP contribution in [0.15, 0.2) is 4.99 Å². The molecule has 0 saturated carbocycles. The predicted octanol–water partition coefficient (Wildman–Crippen LogP) is 0.753. The Morgan fingerprint density at radius 3 is 2.43 bits per heavy atom. The summed E-state index contributed by atoms with van der Waals surface area (Å²) in [6.45, 7) is 7.10. The van der Waals surface area contributed by atoms with Crippen molar-refractivity contribution in [1.82, 2.24) is 15.5 Å². The summed E-state index contributed by atoms with van der Waals surface area (Å²) in [6, 6.07) is 0. The zero-order valence-electron chi connectivity index (χ0n) is 14.6. The second-order valence-electron chi connectivity index (χ2n) is 5.59. The molecular weight excluding hydrogens is 296 g/mol. The van der Waals surface area contributed by atoms with Gasteiger partial charge in [0.15, 0.2) is 5.96 Å². The van der Waals surface area contributed by atoms with Gasteiger partial charge in [0.05, 0.1) is 12.5 Å². The van der Waals surface area contributed by atoms with Gasteiger partial charge in [-0.2, -0.15) is 0 Å². The number of hydrogen-bond donors (Lipinski definition) is 2. The van der Waals surface area contributed by atoms with E-state index in [-0.39, 0.29) is 17.8 Å². The Labute approximate surface area is 138 Å². The summed E-state index contributed by atoms with van der Waals surface area (Å²) in [5.74, 6) is 0.734. The summed E-state index contributed by atoms with van der Waals surface area (Å²) >= 11 is 0. The van der Waals surface area contributed by atoms with Crippen LogP contribution in [0.4, 0.5) is 0 Å².